The molecule has 0 radical (unpaired) electrons. The Labute approximate surface area is 124 Å². The van der Waals surface area contributed by atoms with E-state index in [0.717, 1.165) is 10.6 Å². The summed E-state index contributed by atoms with van der Waals surface area (Å²) in [4.78, 5) is 12.4. The number of benzene rings is 1. The number of amides is 1. The SMILES string of the molecule is Cc1ccc(OCC(=O)NCc2nn3cnnc3s2)cc1. The van der Waals surface area contributed by atoms with Crippen molar-refractivity contribution in [2.24, 2.45) is 0 Å². The van der Waals surface area contributed by atoms with E-state index >= 15 is 0 Å². The highest BCUT2D eigenvalue weighted by Gasteiger charge is 2.07. The van der Waals surface area contributed by atoms with Gasteiger partial charge in [-0.25, -0.2) is 0 Å². The third-order valence-corrected chi connectivity index (χ3v) is 3.67. The third kappa shape index (κ3) is 3.34. The number of hydrogen-bond acceptors (Lipinski definition) is 6. The molecule has 1 N–H and O–H groups in total. The molecule has 0 saturated heterocycles. The average molecular weight is 303 g/mol. The van der Waals surface area contributed by atoms with Crippen molar-refractivity contribution in [3.05, 3.63) is 41.2 Å². The van der Waals surface area contributed by atoms with Gasteiger partial charge in [-0.2, -0.15) is 9.61 Å². The van der Waals surface area contributed by atoms with Gasteiger partial charge in [-0.05, 0) is 19.1 Å². The zero-order valence-corrected chi connectivity index (χ0v) is 12.1. The predicted octanol–water partition coefficient (Wildman–Crippen LogP) is 1.19. The van der Waals surface area contributed by atoms with Gasteiger partial charge in [-0.3, -0.25) is 4.79 Å². The molecule has 0 spiro atoms. The summed E-state index contributed by atoms with van der Waals surface area (Å²) in [5.74, 6) is 0.482. The zero-order chi connectivity index (χ0) is 14.7. The van der Waals surface area contributed by atoms with Gasteiger partial charge >= 0.3 is 0 Å². The Bertz CT molecular complexity index is 721. The van der Waals surface area contributed by atoms with Crippen LogP contribution >= 0.6 is 11.3 Å². The second-order valence-electron chi connectivity index (χ2n) is 4.43. The molecule has 21 heavy (non-hydrogen) atoms. The fourth-order valence-electron chi connectivity index (χ4n) is 1.68. The number of nitrogens with one attached hydrogen (secondary N) is 1. The van der Waals surface area contributed by atoms with Gasteiger partial charge in [0.2, 0.25) is 4.96 Å². The van der Waals surface area contributed by atoms with Crippen molar-refractivity contribution >= 4 is 22.2 Å². The average Bonchev–Trinajstić information content (AvgIpc) is 3.05. The van der Waals surface area contributed by atoms with E-state index in [-0.39, 0.29) is 12.5 Å². The monoisotopic (exact) mass is 303 g/mol. The first-order valence-corrected chi connectivity index (χ1v) is 7.14. The number of nitrogens with zero attached hydrogens (tertiary/aromatic N) is 4. The largest absolute Gasteiger partial charge is 0.484 e. The number of fused-ring (bicyclic) bond motifs is 1. The maximum atomic E-state index is 11.7. The molecular weight excluding hydrogens is 290 g/mol. The minimum atomic E-state index is -0.193. The maximum Gasteiger partial charge on any atom is 0.258 e. The van der Waals surface area contributed by atoms with Crippen LogP contribution < -0.4 is 10.1 Å². The highest BCUT2D eigenvalue weighted by Crippen LogP contribution is 2.12. The van der Waals surface area contributed by atoms with Gasteiger partial charge in [0, 0.05) is 0 Å². The van der Waals surface area contributed by atoms with Crippen molar-refractivity contribution in [2.45, 2.75) is 13.5 Å². The van der Waals surface area contributed by atoms with Crippen molar-refractivity contribution in [1.29, 1.82) is 0 Å². The van der Waals surface area contributed by atoms with Crippen LogP contribution in [0.25, 0.3) is 4.96 Å². The first-order chi connectivity index (χ1) is 10.2. The van der Waals surface area contributed by atoms with Gasteiger partial charge in [-0.1, -0.05) is 29.0 Å². The van der Waals surface area contributed by atoms with E-state index in [9.17, 15) is 4.79 Å². The van der Waals surface area contributed by atoms with Crippen LogP contribution in [0.3, 0.4) is 0 Å². The molecule has 3 rings (SSSR count). The van der Waals surface area contributed by atoms with Crippen LogP contribution in [-0.2, 0) is 11.3 Å². The van der Waals surface area contributed by atoms with Crippen LogP contribution in [0.4, 0.5) is 0 Å². The summed E-state index contributed by atoms with van der Waals surface area (Å²) in [5.41, 5.74) is 1.15. The molecule has 2 aromatic heterocycles. The summed E-state index contributed by atoms with van der Waals surface area (Å²) in [6.07, 6.45) is 1.53. The molecule has 0 saturated carbocycles. The minimum absolute atomic E-state index is 0.0207. The number of ether oxygens (including phenoxy) is 1. The fourth-order valence-corrected chi connectivity index (χ4v) is 2.43. The van der Waals surface area contributed by atoms with Crippen LogP contribution in [0, 0.1) is 6.92 Å². The Morgan fingerprint density at radius 3 is 2.95 bits per heavy atom. The molecule has 0 aliphatic heterocycles. The first-order valence-electron chi connectivity index (χ1n) is 6.32. The quantitative estimate of drug-likeness (QED) is 0.765. The highest BCUT2D eigenvalue weighted by molar-refractivity contribution is 7.16. The summed E-state index contributed by atoms with van der Waals surface area (Å²) in [6.45, 7) is 2.33. The second kappa shape index (κ2) is 5.88. The van der Waals surface area contributed by atoms with Crippen molar-refractivity contribution in [2.75, 3.05) is 6.61 Å². The van der Waals surface area contributed by atoms with Gasteiger partial charge in [0.1, 0.15) is 17.1 Å². The maximum absolute atomic E-state index is 11.7. The molecule has 0 aliphatic rings. The molecule has 0 bridgehead atoms. The van der Waals surface area contributed by atoms with Gasteiger partial charge in [0.05, 0.1) is 6.54 Å². The Hall–Kier alpha value is -2.48. The van der Waals surface area contributed by atoms with Gasteiger partial charge < -0.3 is 10.1 Å². The Balaban J connectivity index is 1.48. The van der Waals surface area contributed by atoms with E-state index in [0.29, 0.717) is 17.3 Å². The second-order valence-corrected chi connectivity index (χ2v) is 5.47. The number of aryl methyl sites for hydroxylation is 1. The molecule has 2 heterocycles. The van der Waals surface area contributed by atoms with E-state index in [2.05, 4.69) is 20.6 Å². The van der Waals surface area contributed by atoms with E-state index in [1.165, 1.54) is 17.7 Å². The molecule has 108 valence electrons. The Morgan fingerprint density at radius 1 is 1.38 bits per heavy atom. The topological polar surface area (TPSA) is 81.4 Å². The molecule has 1 amide bonds. The van der Waals surface area contributed by atoms with E-state index < -0.39 is 0 Å². The standard InChI is InChI=1S/C13H13N5O2S/c1-9-2-4-10(5-3-9)20-7-11(19)14-6-12-17-18-8-15-16-13(18)21-12/h2-5,8H,6-7H2,1H3,(H,14,19). The molecule has 0 fully saturated rings. The van der Waals surface area contributed by atoms with Crippen LogP contribution in [0.1, 0.15) is 10.6 Å². The van der Waals surface area contributed by atoms with Crippen LogP contribution in [0.2, 0.25) is 0 Å². The van der Waals surface area contributed by atoms with Crippen molar-refractivity contribution in [1.82, 2.24) is 25.1 Å². The third-order valence-electron chi connectivity index (χ3n) is 2.76. The summed E-state index contributed by atoms with van der Waals surface area (Å²) < 4.78 is 6.98. The predicted molar refractivity (Wildman–Crippen MR) is 77.2 cm³/mol. The number of carbonyl (C=O) groups excluding carboxylic acids is 1. The molecule has 1 aromatic carbocycles. The molecule has 3 aromatic rings. The van der Waals surface area contributed by atoms with Crippen molar-refractivity contribution in [3.8, 4) is 5.75 Å². The molecule has 7 nitrogen and oxygen atoms in total. The van der Waals surface area contributed by atoms with Gasteiger partial charge in [0.25, 0.3) is 5.91 Å². The lowest BCUT2D eigenvalue weighted by Crippen LogP contribution is -2.28. The lowest BCUT2D eigenvalue weighted by atomic mass is 10.2. The fraction of sp³-hybridized carbons (Fsp3) is 0.231. The van der Waals surface area contributed by atoms with Crippen LogP contribution in [0.5, 0.6) is 5.75 Å². The molecule has 8 heteroatoms. The smallest absolute Gasteiger partial charge is 0.258 e. The highest BCUT2D eigenvalue weighted by atomic mass is 32.1. The summed E-state index contributed by atoms with van der Waals surface area (Å²) in [6, 6.07) is 7.55. The number of hydrogen-bond donors (Lipinski definition) is 1. The van der Waals surface area contributed by atoms with Crippen LogP contribution in [0.15, 0.2) is 30.6 Å². The van der Waals surface area contributed by atoms with E-state index in [1.54, 1.807) is 4.52 Å². The summed E-state index contributed by atoms with van der Waals surface area (Å²) in [5, 5.41) is 15.3. The lowest BCUT2D eigenvalue weighted by Gasteiger charge is -2.06. The number of rotatable bonds is 5. The zero-order valence-electron chi connectivity index (χ0n) is 11.3. The molecule has 0 aliphatic carbocycles. The van der Waals surface area contributed by atoms with E-state index in [1.807, 2.05) is 31.2 Å². The molecule has 0 unspecified atom stereocenters. The Morgan fingerprint density at radius 2 is 2.19 bits per heavy atom. The number of carbonyl (C=O) groups is 1. The van der Waals surface area contributed by atoms with Gasteiger partial charge in [0.15, 0.2) is 6.61 Å². The summed E-state index contributed by atoms with van der Waals surface area (Å²) in [7, 11) is 0. The molecular formula is C13H13N5O2S. The van der Waals surface area contributed by atoms with E-state index in [4.69, 9.17) is 4.74 Å². The van der Waals surface area contributed by atoms with Crippen molar-refractivity contribution < 1.29 is 9.53 Å². The number of aromatic nitrogens is 4. The van der Waals surface area contributed by atoms with Gasteiger partial charge in [-0.15, -0.1) is 10.2 Å². The molecule has 0 atom stereocenters. The Kier molecular flexibility index (Phi) is 3.78. The first kappa shape index (κ1) is 13.5. The van der Waals surface area contributed by atoms with Crippen LogP contribution in [-0.4, -0.2) is 32.3 Å². The minimum Gasteiger partial charge on any atom is -0.484 e. The lowest BCUT2D eigenvalue weighted by molar-refractivity contribution is -0.123. The normalized spacial score (nSPS) is 10.7. The van der Waals surface area contributed by atoms with Crippen molar-refractivity contribution in [3.63, 3.8) is 0 Å². The summed E-state index contributed by atoms with van der Waals surface area (Å²) >= 11 is 1.38.